The summed E-state index contributed by atoms with van der Waals surface area (Å²) in [6, 6.07) is 0. The van der Waals surface area contributed by atoms with E-state index in [2.05, 4.69) is 26.5 Å². The molecule has 0 atom stereocenters. The van der Waals surface area contributed by atoms with Gasteiger partial charge in [0.15, 0.2) is 0 Å². The van der Waals surface area contributed by atoms with E-state index >= 15 is 0 Å². The molecule has 0 rings (SSSR count). The maximum absolute atomic E-state index is 12.3. The molecule has 1 amide bonds. The van der Waals surface area contributed by atoms with Gasteiger partial charge in [0, 0.05) is 13.1 Å². The van der Waals surface area contributed by atoms with Crippen LogP contribution in [0.15, 0.2) is 0 Å². The predicted octanol–water partition coefficient (Wildman–Crippen LogP) is 5.01. The fraction of sp³-hybridized carbons (Fsp3) is 0.900. The Hall–Kier alpha value is -0.550. The first-order valence-corrected chi connectivity index (χ1v) is 10.6. The van der Waals surface area contributed by atoms with E-state index in [9.17, 15) is 9.59 Å². The second kappa shape index (κ2) is 18.2. The van der Waals surface area contributed by atoms with Gasteiger partial charge in [-0.05, 0) is 12.8 Å². The Balaban J connectivity index is 4.06. The molecule has 0 saturated carbocycles. The summed E-state index contributed by atoms with van der Waals surface area (Å²) in [6.45, 7) is 5.93. The molecule has 25 heavy (non-hydrogen) atoms. The molecule has 0 saturated heterocycles. The minimum absolute atomic E-state index is 0.00306. The molecule has 148 valence electrons. The Morgan fingerprint density at radius 2 is 1.16 bits per heavy atom. The Bertz CT molecular complexity index is 321. The topological polar surface area (TPSA) is 46.6 Å². The van der Waals surface area contributed by atoms with Gasteiger partial charge in [-0.2, -0.15) is 0 Å². The van der Waals surface area contributed by atoms with E-state index in [1.54, 1.807) is 0 Å². The summed E-state index contributed by atoms with van der Waals surface area (Å²) >= 11 is 3.66. The molecule has 0 unspecified atom stereocenters. The van der Waals surface area contributed by atoms with Crippen LogP contribution in [0.2, 0.25) is 0 Å². The van der Waals surface area contributed by atoms with E-state index in [0.717, 1.165) is 25.9 Å². The molecule has 0 aromatic carbocycles. The fourth-order valence-corrected chi connectivity index (χ4v) is 2.94. The number of hydrogen-bond acceptors (Lipinski definition) is 3. The van der Waals surface area contributed by atoms with Gasteiger partial charge in [0.25, 0.3) is 0 Å². The first-order valence-electron chi connectivity index (χ1n) is 10.2. The van der Waals surface area contributed by atoms with Crippen molar-refractivity contribution >= 4 is 23.7 Å². The number of carbonyl (C=O) groups is 2. The molecule has 0 spiro atoms. The van der Waals surface area contributed by atoms with Crippen LogP contribution < -0.4 is 0 Å². The second-order valence-electron chi connectivity index (χ2n) is 6.80. The van der Waals surface area contributed by atoms with Crippen molar-refractivity contribution in [3.05, 3.63) is 0 Å². The molecular weight excluding hydrogens is 334 g/mol. The summed E-state index contributed by atoms with van der Waals surface area (Å²) < 4.78 is 5.14. The Labute approximate surface area is 160 Å². The Kier molecular flexibility index (Phi) is 17.8. The van der Waals surface area contributed by atoms with Crippen LogP contribution in [0.25, 0.3) is 0 Å². The summed E-state index contributed by atoms with van der Waals surface area (Å²) in [5, 5.41) is -0.341. The summed E-state index contributed by atoms with van der Waals surface area (Å²) in [7, 11) is 0. The SMILES string of the molecule is CCCCCCCCN(CCCCCCCC)C(=O)COCC(=O)S. The number of unbranched alkanes of at least 4 members (excludes halogenated alkanes) is 10. The van der Waals surface area contributed by atoms with E-state index in [1.807, 2.05) is 4.90 Å². The van der Waals surface area contributed by atoms with Crippen molar-refractivity contribution in [1.29, 1.82) is 0 Å². The number of amides is 1. The monoisotopic (exact) mass is 373 g/mol. The fourth-order valence-electron chi connectivity index (χ4n) is 2.84. The lowest BCUT2D eigenvalue weighted by molar-refractivity contribution is -0.137. The minimum Gasteiger partial charge on any atom is -0.363 e. The van der Waals surface area contributed by atoms with Gasteiger partial charge in [0.1, 0.15) is 13.2 Å². The second-order valence-corrected chi connectivity index (χ2v) is 7.30. The summed E-state index contributed by atoms with van der Waals surface area (Å²) in [4.78, 5) is 25.0. The molecule has 0 aliphatic rings. The summed E-state index contributed by atoms with van der Waals surface area (Å²) in [5.41, 5.74) is 0. The van der Waals surface area contributed by atoms with Crippen LogP contribution in [-0.4, -0.2) is 42.2 Å². The van der Waals surface area contributed by atoms with Gasteiger partial charge in [-0.3, -0.25) is 9.59 Å². The molecule has 0 aliphatic carbocycles. The van der Waals surface area contributed by atoms with Crippen molar-refractivity contribution < 1.29 is 14.3 Å². The zero-order valence-electron chi connectivity index (χ0n) is 16.4. The van der Waals surface area contributed by atoms with Crippen LogP contribution in [0.1, 0.15) is 90.9 Å². The normalized spacial score (nSPS) is 10.8. The Morgan fingerprint density at radius 3 is 1.60 bits per heavy atom. The molecule has 0 aromatic rings. The number of hydrogen-bond donors (Lipinski definition) is 1. The van der Waals surface area contributed by atoms with Crippen LogP contribution >= 0.6 is 12.6 Å². The Morgan fingerprint density at radius 1 is 0.720 bits per heavy atom. The van der Waals surface area contributed by atoms with Crippen LogP contribution in [0.5, 0.6) is 0 Å². The van der Waals surface area contributed by atoms with E-state index < -0.39 is 0 Å². The highest BCUT2D eigenvalue weighted by atomic mass is 32.1. The molecule has 4 nitrogen and oxygen atoms in total. The predicted molar refractivity (Wildman–Crippen MR) is 108 cm³/mol. The van der Waals surface area contributed by atoms with Crippen molar-refractivity contribution in [3.8, 4) is 0 Å². The number of carbonyl (C=O) groups excluding carboxylic acids is 2. The smallest absolute Gasteiger partial charge is 0.248 e. The highest BCUT2D eigenvalue weighted by molar-refractivity contribution is 7.96. The van der Waals surface area contributed by atoms with Gasteiger partial charge in [0.2, 0.25) is 11.0 Å². The number of rotatable bonds is 18. The molecule has 0 N–H and O–H groups in total. The average Bonchev–Trinajstić information content (AvgIpc) is 2.58. The maximum atomic E-state index is 12.3. The summed E-state index contributed by atoms with van der Waals surface area (Å²) in [5.74, 6) is -0.00306. The van der Waals surface area contributed by atoms with Crippen LogP contribution in [0.3, 0.4) is 0 Å². The largest absolute Gasteiger partial charge is 0.363 e. The van der Waals surface area contributed by atoms with Crippen molar-refractivity contribution in [2.45, 2.75) is 90.9 Å². The van der Waals surface area contributed by atoms with Gasteiger partial charge in [0.05, 0.1) is 0 Å². The number of nitrogens with zero attached hydrogens (tertiary/aromatic N) is 1. The zero-order valence-corrected chi connectivity index (χ0v) is 17.3. The molecule has 0 fully saturated rings. The average molecular weight is 374 g/mol. The van der Waals surface area contributed by atoms with Gasteiger partial charge >= 0.3 is 0 Å². The molecule has 0 aromatic heterocycles. The first kappa shape index (κ1) is 24.5. The van der Waals surface area contributed by atoms with Crippen LogP contribution in [-0.2, 0) is 14.3 Å². The first-order chi connectivity index (χ1) is 12.1. The van der Waals surface area contributed by atoms with Gasteiger partial charge in [-0.15, -0.1) is 12.6 Å². The highest BCUT2D eigenvalue weighted by Crippen LogP contribution is 2.09. The molecule has 0 aliphatic heterocycles. The van der Waals surface area contributed by atoms with Crippen molar-refractivity contribution in [2.75, 3.05) is 26.3 Å². The molecule has 5 heteroatoms. The van der Waals surface area contributed by atoms with E-state index in [1.165, 1.54) is 64.2 Å². The van der Waals surface area contributed by atoms with Crippen LogP contribution in [0, 0.1) is 0 Å². The number of thiol groups is 1. The van der Waals surface area contributed by atoms with E-state index in [0.29, 0.717) is 0 Å². The van der Waals surface area contributed by atoms with Gasteiger partial charge < -0.3 is 9.64 Å². The number of ether oxygens (including phenoxy) is 1. The highest BCUT2D eigenvalue weighted by Gasteiger charge is 2.13. The third kappa shape index (κ3) is 16.7. The molecular formula is C20H39NO3S. The lowest BCUT2D eigenvalue weighted by Gasteiger charge is -2.22. The van der Waals surface area contributed by atoms with Crippen molar-refractivity contribution in [2.24, 2.45) is 0 Å². The van der Waals surface area contributed by atoms with E-state index in [4.69, 9.17) is 4.74 Å². The zero-order chi connectivity index (χ0) is 18.8. The van der Waals surface area contributed by atoms with Gasteiger partial charge in [-0.1, -0.05) is 78.1 Å². The maximum Gasteiger partial charge on any atom is 0.248 e. The molecule has 0 radical (unpaired) electrons. The lowest BCUT2D eigenvalue weighted by atomic mass is 10.1. The lowest BCUT2D eigenvalue weighted by Crippen LogP contribution is -2.36. The quantitative estimate of drug-likeness (QED) is 0.271. The van der Waals surface area contributed by atoms with Crippen LogP contribution in [0.4, 0.5) is 0 Å². The molecule has 0 heterocycles. The summed E-state index contributed by atoms with van der Waals surface area (Å²) in [6.07, 6.45) is 14.6. The molecule has 0 bridgehead atoms. The van der Waals surface area contributed by atoms with Crippen molar-refractivity contribution in [1.82, 2.24) is 4.90 Å². The minimum atomic E-state index is -0.341. The third-order valence-corrected chi connectivity index (χ3v) is 4.50. The van der Waals surface area contributed by atoms with E-state index in [-0.39, 0.29) is 24.2 Å². The van der Waals surface area contributed by atoms with Crippen molar-refractivity contribution in [3.63, 3.8) is 0 Å². The standard InChI is InChI=1S/C20H39NO3S/c1-3-5-7-9-11-13-15-21(16-14-12-10-8-6-4-2)19(22)17-24-18-20(23)25/h3-18H2,1-2H3,(H,23,25). The van der Waals surface area contributed by atoms with Gasteiger partial charge in [-0.25, -0.2) is 0 Å². The third-order valence-electron chi connectivity index (χ3n) is 4.37.